The Balaban J connectivity index is 2.79. The van der Waals surface area contributed by atoms with Crippen molar-refractivity contribution in [3.8, 4) is 11.1 Å². The third-order valence-electron chi connectivity index (χ3n) is 2.39. The number of aromatic amines is 1. The molecule has 2 rings (SSSR count). The van der Waals surface area contributed by atoms with Crippen LogP contribution in [0.25, 0.3) is 11.1 Å². The molecular weight excluding hydrogens is 261 g/mol. The molecule has 0 radical (unpaired) electrons. The van der Waals surface area contributed by atoms with Crippen LogP contribution < -0.4 is 5.56 Å². The highest BCUT2D eigenvalue weighted by Gasteiger charge is 2.18. The minimum Gasteiger partial charge on any atom is -0.477 e. The Kier molecular flexibility index (Phi) is 3.16. The van der Waals surface area contributed by atoms with Gasteiger partial charge in [0.2, 0.25) is 0 Å². The minimum absolute atomic E-state index is 0.00810. The third kappa shape index (κ3) is 2.12. The van der Waals surface area contributed by atoms with E-state index in [1.54, 1.807) is 0 Å². The largest absolute Gasteiger partial charge is 0.477 e. The summed E-state index contributed by atoms with van der Waals surface area (Å²) in [4.78, 5) is 24.7. The second-order valence-corrected chi connectivity index (χ2v) is 3.96. The number of carbonyl (C=O) groups is 1. The fourth-order valence-corrected chi connectivity index (χ4v) is 1.79. The fourth-order valence-electron chi connectivity index (χ4n) is 1.62. The molecule has 1 heterocycles. The molecule has 2 aromatic rings. The summed E-state index contributed by atoms with van der Waals surface area (Å²) in [6.07, 6.45) is 1.25. The van der Waals surface area contributed by atoms with Crippen LogP contribution in [0.3, 0.4) is 0 Å². The molecule has 0 unspecified atom stereocenters. The number of rotatable bonds is 2. The van der Waals surface area contributed by atoms with Gasteiger partial charge >= 0.3 is 5.97 Å². The SMILES string of the molecule is O=C(O)c1c(-c2cc(Cl)ccc2F)cc[nH]c1=O. The average molecular weight is 268 g/mol. The summed E-state index contributed by atoms with van der Waals surface area (Å²) < 4.78 is 13.7. The van der Waals surface area contributed by atoms with E-state index in [0.29, 0.717) is 0 Å². The molecule has 2 N–H and O–H groups in total. The van der Waals surface area contributed by atoms with Crippen molar-refractivity contribution in [1.82, 2.24) is 4.98 Å². The van der Waals surface area contributed by atoms with Crippen molar-refractivity contribution in [1.29, 1.82) is 0 Å². The summed E-state index contributed by atoms with van der Waals surface area (Å²) in [6.45, 7) is 0. The van der Waals surface area contributed by atoms with E-state index in [-0.39, 0.29) is 16.1 Å². The molecule has 0 aliphatic rings. The number of benzene rings is 1. The number of pyridine rings is 1. The van der Waals surface area contributed by atoms with Gasteiger partial charge in [-0.3, -0.25) is 4.79 Å². The summed E-state index contributed by atoms with van der Waals surface area (Å²) in [7, 11) is 0. The van der Waals surface area contributed by atoms with Crippen molar-refractivity contribution in [2.45, 2.75) is 0 Å². The predicted molar refractivity (Wildman–Crippen MR) is 64.4 cm³/mol. The second kappa shape index (κ2) is 4.62. The summed E-state index contributed by atoms with van der Waals surface area (Å²) in [5, 5.41) is 9.25. The molecule has 0 aliphatic heterocycles. The Morgan fingerprint density at radius 1 is 1.28 bits per heavy atom. The fraction of sp³-hybridized carbons (Fsp3) is 0. The highest BCUT2D eigenvalue weighted by molar-refractivity contribution is 6.30. The van der Waals surface area contributed by atoms with Crippen LogP contribution in [0.4, 0.5) is 4.39 Å². The molecule has 0 aliphatic carbocycles. The molecule has 92 valence electrons. The molecule has 0 bridgehead atoms. The van der Waals surface area contributed by atoms with Gasteiger partial charge in [-0.05, 0) is 24.3 Å². The number of hydrogen-bond donors (Lipinski definition) is 2. The minimum atomic E-state index is -1.42. The molecule has 0 atom stereocenters. The maximum absolute atomic E-state index is 13.7. The zero-order valence-electron chi connectivity index (χ0n) is 8.91. The highest BCUT2D eigenvalue weighted by Crippen LogP contribution is 2.27. The standard InChI is InChI=1S/C12H7ClFNO3/c13-6-1-2-9(14)8(5-6)7-3-4-15-11(16)10(7)12(17)18/h1-5H,(H,15,16)(H,17,18). The van der Waals surface area contributed by atoms with Crippen molar-refractivity contribution in [2.75, 3.05) is 0 Å². The van der Waals surface area contributed by atoms with Crippen LogP contribution in [0.1, 0.15) is 10.4 Å². The number of aromatic nitrogens is 1. The summed E-state index contributed by atoms with van der Waals surface area (Å²) in [6, 6.07) is 5.05. The van der Waals surface area contributed by atoms with E-state index in [4.69, 9.17) is 16.7 Å². The zero-order valence-corrected chi connectivity index (χ0v) is 9.66. The van der Waals surface area contributed by atoms with Crippen LogP contribution in [0.2, 0.25) is 5.02 Å². The topological polar surface area (TPSA) is 70.2 Å². The molecule has 0 saturated heterocycles. The Bertz CT molecular complexity index is 681. The molecule has 0 amide bonds. The smallest absolute Gasteiger partial charge is 0.341 e. The van der Waals surface area contributed by atoms with Gasteiger partial charge in [0.15, 0.2) is 0 Å². The van der Waals surface area contributed by atoms with Gasteiger partial charge in [-0.25, -0.2) is 9.18 Å². The molecule has 0 fully saturated rings. The Morgan fingerprint density at radius 2 is 2.00 bits per heavy atom. The van der Waals surface area contributed by atoms with E-state index in [1.807, 2.05) is 0 Å². The maximum atomic E-state index is 13.7. The van der Waals surface area contributed by atoms with Crippen molar-refractivity contribution in [3.63, 3.8) is 0 Å². The number of hydrogen-bond acceptors (Lipinski definition) is 2. The Hall–Kier alpha value is -2.14. The van der Waals surface area contributed by atoms with Gasteiger partial charge in [0, 0.05) is 22.3 Å². The van der Waals surface area contributed by atoms with Crippen LogP contribution in [-0.2, 0) is 0 Å². The lowest BCUT2D eigenvalue weighted by atomic mass is 10.0. The molecule has 1 aromatic carbocycles. The lowest BCUT2D eigenvalue weighted by Crippen LogP contribution is -2.18. The molecule has 0 spiro atoms. The lowest BCUT2D eigenvalue weighted by Gasteiger charge is -2.06. The summed E-state index contributed by atoms with van der Waals surface area (Å²) in [5.41, 5.74) is -1.34. The Labute approximate surface area is 106 Å². The normalized spacial score (nSPS) is 10.3. The first-order valence-corrected chi connectivity index (χ1v) is 5.29. The predicted octanol–water partition coefficient (Wildman–Crippen LogP) is 2.53. The summed E-state index contributed by atoms with van der Waals surface area (Å²) >= 11 is 5.74. The molecule has 18 heavy (non-hydrogen) atoms. The van der Waals surface area contributed by atoms with E-state index in [9.17, 15) is 14.0 Å². The molecule has 1 aromatic heterocycles. The van der Waals surface area contributed by atoms with E-state index in [0.717, 1.165) is 6.07 Å². The van der Waals surface area contributed by atoms with E-state index < -0.39 is 22.9 Å². The van der Waals surface area contributed by atoms with Gasteiger partial charge < -0.3 is 10.1 Å². The van der Waals surface area contributed by atoms with Crippen molar-refractivity contribution < 1.29 is 14.3 Å². The number of carboxylic acid groups (broad SMARTS) is 1. The zero-order chi connectivity index (χ0) is 13.3. The van der Waals surface area contributed by atoms with E-state index in [1.165, 1.54) is 24.4 Å². The van der Waals surface area contributed by atoms with E-state index in [2.05, 4.69) is 4.98 Å². The first-order valence-electron chi connectivity index (χ1n) is 4.91. The van der Waals surface area contributed by atoms with Crippen molar-refractivity contribution in [3.05, 3.63) is 57.2 Å². The van der Waals surface area contributed by atoms with Crippen LogP contribution in [0.5, 0.6) is 0 Å². The van der Waals surface area contributed by atoms with Crippen LogP contribution in [-0.4, -0.2) is 16.1 Å². The summed E-state index contributed by atoms with van der Waals surface area (Å²) in [5.74, 6) is -2.07. The average Bonchev–Trinajstić information content (AvgIpc) is 2.31. The van der Waals surface area contributed by atoms with Crippen LogP contribution in [0, 0.1) is 5.82 Å². The third-order valence-corrected chi connectivity index (χ3v) is 2.63. The van der Waals surface area contributed by atoms with Gasteiger partial charge in [0.1, 0.15) is 11.4 Å². The van der Waals surface area contributed by atoms with Crippen molar-refractivity contribution >= 4 is 17.6 Å². The maximum Gasteiger partial charge on any atom is 0.341 e. The molecule has 6 heteroatoms. The number of nitrogens with one attached hydrogen (secondary N) is 1. The second-order valence-electron chi connectivity index (χ2n) is 3.52. The first kappa shape index (κ1) is 12.3. The van der Waals surface area contributed by atoms with Gasteiger partial charge in [-0.1, -0.05) is 11.6 Å². The number of carboxylic acids is 1. The van der Waals surface area contributed by atoms with E-state index >= 15 is 0 Å². The number of aromatic carboxylic acids is 1. The lowest BCUT2D eigenvalue weighted by molar-refractivity contribution is 0.0696. The van der Waals surface area contributed by atoms with Crippen LogP contribution in [0.15, 0.2) is 35.3 Å². The van der Waals surface area contributed by atoms with Crippen molar-refractivity contribution in [2.24, 2.45) is 0 Å². The molecule has 0 saturated carbocycles. The van der Waals surface area contributed by atoms with Gasteiger partial charge in [0.25, 0.3) is 5.56 Å². The van der Waals surface area contributed by atoms with Crippen LogP contribution >= 0.6 is 11.6 Å². The molecular formula is C12H7ClFNO3. The van der Waals surface area contributed by atoms with Gasteiger partial charge in [0.05, 0.1) is 0 Å². The monoisotopic (exact) mass is 267 g/mol. The number of halogens is 2. The Morgan fingerprint density at radius 3 is 2.67 bits per heavy atom. The first-order chi connectivity index (χ1) is 8.50. The quantitative estimate of drug-likeness (QED) is 0.878. The van der Waals surface area contributed by atoms with Gasteiger partial charge in [-0.2, -0.15) is 0 Å². The van der Waals surface area contributed by atoms with Gasteiger partial charge in [-0.15, -0.1) is 0 Å². The number of H-pyrrole nitrogens is 1. The highest BCUT2D eigenvalue weighted by atomic mass is 35.5. The molecule has 4 nitrogen and oxygen atoms in total.